The Balaban J connectivity index is 1.96. The molecule has 18 heavy (non-hydrogen) atoms. The van der Waals surface area contributed by atoms with Gasteiger partial charge in [0.15, 0.2) is 0 Å². The summed E-state index contributed by atoms with van der Waals surface area (Å²) < 4.78 is 7.69. The van der Waals surface area contributed by atoms with Gasteiger partial charge in [0.05, 0.1) is 12.7 Å². The normalized spacial score (nSPS) is 12.4. The molecule has 0 aliphatic rings. The Bertz CT molecular complexity index is 506. The van der Waals surface area contributed by atoms with Crippen molar-refractivity contribution >= 4 is 0 Å². The van der Waals surface area contributed by atoms with Crippen LogP contribution in [0.2, 0.25) is 0 Å². The minimum atomic E-state index is -0.519. The molecule has 0 bridgehead atoms. The molecule has 1 aromatic heterocycles. The molecular formula is C14H18N2O2. The molecule has 0 amide bonds. The SMILES string of the molecule is C[C@@H](O)c1ccccc1OCCc1nccn1C. The fourth-order valence-corrected chi connectivity index (χ4v) is 1.85. The Morgan fingerprint density at radius 3 is 2.83 bits per heavy atom. The van der Waals surface area contributed by atoms with Gasteiger partial charge in [0.25, 0.3) is 0 Å². The van der Waals surface area contributed by atoms with E-state index in [9.17, 15) is 5.11 Å². The first-order chi connectivity index (χ1) is 8.68. The lowest BCUT2D eigenvalue weighted by Gasteiger charge is -2.13. The van der Waals surface area contributed by atoms with Gasteiger partial charge in [-0.2, -0.15) is 0 Å². The first-order valence-electron chi connectivity index (χ1n) is 6.04. The van der Waals surface area contributed by atoms with Gasteiger partial charge in [-0.1, -0.05) is 18.2 Å². The number of rotatable bonds is 5. The quantitative estimate of drug-likeness (QED) is 0.878. The van der Waals surface area contributed by atoms with Crippen LogP contribution in [0, 0.1) is 0 Å². The van der Waals surface area contributed by atoms with Crippen LogP contribution in [0.5, 0.6) is 5.75 Å². The summed E-state index contributed by atoms with van der Waals surface area (Å²) in [4.78, 5) is 4.24. The number of aromatic nitrogens is 2. The summed E-state index contributed by atoms with van der Waals surface area (Å²) in [5.41, 5.74) is 0.817. The second-order valence-electron chi connectivity index (χ2n) is 4.27. The van der Waals surface area contributed by atoms with Gasteiger partial charge in [0, 0.05) is 31.4 Å². The van der Waals surface area contributed by atoms with E-state index in [1.54, 1.807) is 13.1 Å². The van der Waals surface area contributed by atoms with Crippen molar-refractivity contribution in [2.24, 2.45) is 7.05 Å². The van der Waals surface area contributed by atoms with Crippen molar-refractivity contribution in [2.75, 3.05) is 6.61 Å². The van der Waals surface area contributed by atoms with Gasteiger partial charge < -0.3 is 14.4 Å². The van der Waals surface area contributed by atoms with Gasteiger partial charge in [0.1, 0.15) is 11.6 Å². The maximum absolute atomic E-state index is 9.64. The van der Waals surface area contributed by atoms with E-state index in [0.717, 1.165) is 23.6 Å². The number of hydrogen-bond donors (Lipinski definition) is 1. The van der Waals surface area contributed by atoms with E-state index < -0.39 is 6.10 Å². The number of aryl methyl sites for hydroxylation is 1. The van der Waals surface area contributed by atoms with Crippen LogP contribution in [-0.4, -0.2) is 21.3 Å². The molecule has 0 fully saturated rings. The maximum atomic E-state index is 9.64. The third kappa shape index (κ3) is 2.90. The largest absolute Gasteiger partial charge is 0.493 e. The summed E-state index contributed by atoms with van der Waals surface area (Å²) in [7, 11) is 1.96. The number of hydrogen-bond acceptors (Lipinski definition) is 3. The summed E-state index contributed by atoms with van der Waals surface area (Å²) in [5.74, 6) is 1.73. The number of benzene rings is 1. The topological polar surface area (TPSA) is 47.3 Å². The highest BCUT2D eigenvalue weighted by molar-refractivity contribution is 5.34. The Hall–Kier alpha value is -1.81. The number of imidazole rings is 1. The van der Waals surface area contributed by atoms with Crippen LogP contribution in [0.4, 0.5) is 0 Å². The fraction of sp³-hybridized carbons (Fsp3) is 0.357. The summed E-state index contributed by atoms with van der Waals surface area (Å²) >= 11 is 0. The van der Waals surface area contributed by atoms with E-state index in [4.69, 9.17) is 4.74 Å². The summed E-state index contributed by atoms with van der Waals surface area (Å²) in [5, 5.41) is 9.64. The molecule has 2 aromatic rings. The molecule has 0 saturated heterocycles. The zero-order chi connectivity index (χ0) is 13.0. The van der Waals surface area contributed by atoms with E-state index in [1.807, 2.05) is 42.1 Å². The average molecular weight is 246 g/mol. The van der Waals surface area contributed by atoms with Crippen molar-refractivity contribution in [2.45, 2.75) is 19.4 Å². The second kappa shape index (κ2) is 5.69. The van der Waals surface area contributed by atoms with Gasteiger partial charge in [-0.3, -0.25) is 0 Å². The number of para-hydroxylation sites is 1. The zero-order valence-corrected chi connectivity index (χ0v) is 10.7. The van der Waals surface area contributed by atoms with Crippen LogP contribution in [0.1, 0.15) is 24.4 Å². The number of nitrogens with zero attached hydrogens (tertiary/aromatic N) is 2. The Morgan fingerprint density at radius 1 is 1.39 bits per heavy atom. The van der Waals surface area contributed by atoms with Gasteiger partial charge in [-0.25, -0.2) is 4.98 Å². The number of aliphatic hydroxyl groups excluding tert-OH is 1. The molecule has 0 aliphatic carbocycles. The lowest BCUT2D eigenvalue weighted by Crippen LogP contribution is -2.07. The average Bonchev–Trinajstić information content (AvgIpc) is 2.76. The molecule has 2 rings (SSSR count). The zero-order valence-electron chi connectivity index (χ0n) is 10.7. The Labute approximate surface area is 107 Å². The third-order valence-electron chi connectivity index (χ3n) is 2.87. The van der Waals surface area contributed by atoms with Crippen LogP contribution in [0.3, 0.4) is 0 Å². The maximum Gasteiger partial charge on any atom is 0.125 e. The van der Waals surface area contributed by atoms with Crippen LogP contribution in [0.25, 0.3) is 0 Å². The minimum absolute atomic E-state index is 0.519. The lowest BCUT2D eigenvalue weighted by molar-refractivity contribution is 0.191. The highest BCUT2D eigenvalue weighted by Gasteiger charge is 2.08. The number of aliphatic hydroxyl groups is 1. The molecule has 1 atom stereocenters. The van der Waals surface area contributed by atoms with E-state index in [2.05, 4.69) is 4.98 Å². The van der Waals surface area contributed by atoms with Crippen molar-refractivity contribution in [1.82, 2.24) is 9.55 Å². The molecule has 0 spiro atoms. The van der Waals surface area contributed by atoms with Crippen LogP contribution in [0.15, 0.2) is 36.7 Å². The lowest BCUT2D eigenvalue weighted by atomic mass is 10.1. The van der Waals surface area contributed by atoms with Gasteiger partial charge in [-0.15, -0.1) is 0 Å². The standard InChI is InChI=1S/C14H18N2O2/c1-11(17)12-5-3-4-6-13(12)18-10-7-14-15-8-9-16(14)2/h3-6,8-9,11,17H,7,10H2,1-2H3/t11-/m1/s1. The second-order valence-corrected chi connectivity index (χ2v) is 4.27. The van der Waals surface area contributed by atoms with Crippen molar-refractivity contribution in [3.05, 3.63) is 48.0 Å². The molecule has 1 heterocycles. The predicted molar refractivity (Wildman–Crippen MR) is 69.5 cm³/mol. The summed E-state index contributed by atoms with van der Waals surface area (Å²) in [6.45, 7) is 2.29. The smallest absolute Gasteiger partial charge is 0.125 e. The highest BCUT2D eigenvalue weighted by Crippen LogP contribution is 2.24. The van der Waals surface area contributed by atoms with Crippen LogP contribution < -0.4 is 4.74 Å². The van der Waals surface area contributed by atoms with Crippen molar-refractivity contribution in [3.8, 4) is 5.75 Å². The molecular weight excluding hydrogens is 228 g/mol. The molecule has 4 nitrogen and oxygen atoms in total. The molecule has 96 valence electrons. The van der Waals surface area contributed by atoms with Gasteiger partial charge in [0.2, 0.25) is 0 Å². The Kier molecular flexibility index (Phi) is 3.99. The van der Waals surface area contributed by atoms with Crippen molar-refractivity contribution in [3.63, 3.8) is 0 Å². The number of ether oxygens (including phenoxy) is 1. The molecule has 1 aromatic carbocycles. The van der Waals surface area contributed by atoms with Gasteiger partial charge >= 0.3 is 0 Å². The van der Waals surface area contributed by atoms with E-state index in [1.165, 1.54) is 0 Å². The van der Waals surface area contributed by atoms with E-state index in [-0.39, 0.29) is 0 Å². The Morgan fingerprint density at radius 2 is 2.17 bits per heavy atom. The van der Waals surface area contributed by atoms with Crippen molar-refractivity contribution < 1.29 is 9.84 Å². The van der Waals surface area contributed by atoms with Gasteiger partial charge in [-0.05, 0) is 13.0 Å². The molecule has 0 radical (unpaired) electrons. The van der Waals surface area contributed by atoms with Crippen LogP contribution >= 0.6 is 0 Å². The first kappa shape index (κ1) is 12.6. The molecule has 4 heteroatoms. The summed E-state index contributed by atoms with van der Waals surface area (Å²) in [6.07, 6.45) is 3.92. The highest BCUT2D eigenvalue weighted by atomic mass is 16.5. The van der Waals surface area contributed by atoms with E-state index >= 15 is 0 Å². The first-order valence-corrected chi connectivity index (χ1v) is 6.04. The molecule has 0 unspecified atom stereocenters. The monoisotopic (exact) mass is 246 g/mol. The molecule has 0 aliphatic heterocycles. The molecule has 0 saturated carbocycles. The van der Waals surface area contributed by atoms with E-state index in [0.29, 0.717) is 6.61 Å². The summed E-state index contributed by atoms with van der Waals surface area (Å²) in [6, 6.07) is 7.55. The minimum Gasteiger partial charge on any atom is -0.493 e. The fourth-order valence-electron chi connectivity index (χ4n) is 1.85. The third-order valence-corrected chi connectivity index (χ3v) is 2.87. The predicted octanol–water partition coefficient (Wildman–Crippen LogP) is 2.09. The van der Waals surface area contributed by atoms with Crippen molar-refractivity contribution in [1.29, 1.82) is 0 Å². The van der Waals surface area contributed by atoms with Crippen LogP contribution in [-0.2, 0) is 13.5 Å². The molecule has 1 N–H and O–H groups in total.